The fourth-order valence-electron chi connectivity index (χ4n) is 4.51. The van der Waals surface area contributed by atoms with E-state index in [1.165, 1.54) is 35.5 Å². The first-order valence-electron chi connectivity index (χ1n) is 9.15. The number of anilines is 1. The Morgan fingerprint density at radius 2 is 1.75 bits per heavy atom. The quantitative estimate of drug-likeness (QED) is 0.796. The van der Waals surface area contributed by atoms with E-state index in [-0.39, 0.29) is 5.41 Å². The molecule has 122 valence electrons. The summed E-state index contributed by atoms with van der Waals surface area (Å²) >= 11 is 0. The standard InChI is InChI=1S/C22H24N2/c1-2-23-15-20-13-22(20,16-23)19-7-9-21(10-8-19)24-12-11-17-5-3-4-6-18(17)14-24/h3-10,13H,2,11-12,14-16H2,1H3. The fourth-order valence-corrected chi connectivity index (χ4v) is 4.51. The van der Waals surface area contributed by atoms with Crippen LogP contribution in [0.3, 0.4) is 0 Å². The first kappa shape index (κ1) is 14.3. The number of nitrogens with zero attached hydrogens (tertiary/aromatic N) is 2. The average molecular weight is 316 g/mol. The van der Waals surface area contributed by atoms with Gasteiger partial charge in [-0.1, -0.05) is 49.4 Å². The third kappa shape index (κ3) is 2.13. The SMILES string of the molecule is CCN1CC2=CC2(c2ccc(N3CCc4ccccc4C3)cc2)C1. The highest BCUT2D eigenvalue weighted by molar-refractivity contribution is 5.61. The van der Waals surface area contributed by atoms with Gasteiger partial charge in [-0.25, -0.2) is 0 Å². The number of rotatable bonds is 3. The molecule has 2 aromatic carbocycles. The average Bonchev–Trinajstić information content (AvgIpc) is 3.23. The smallest absolute Gasteiger partial charge is 0.0485 e. The molecule has 1 atom stereocenters. The van der Waals surface area contributed by atoms with E-state index < -0.39 is 0 Å². The zero-order valence-electron chi connectivity index (χ0n) is 14.3. The summed E-state index contributed by atoms with van der Waals surface area (Å²) in [4.78, 5) is 5.06. The van der Waals surface area contributed by atoms with Gasteiger partial charge in [-0.15, -0.1) is 0 Å². The molecule has 2 nitrogen and oxygen atoms in total. The summed E-state index contributed by atoms with van der Waals surface area (Å²) in [6.45, 7) is 7.92. The molecule has 0 spiro atoms. The lowest BCUT2D eigenvalue weighted by Gasteiger charge is -2.31. The normalized spacial score (nSPS) is 25.2. The second-order valence-corrected chi connectivity index (χ2v) is 7.43. The van der Waals surface area contributed by atoms with Crippen LogP contribution < -0.4 is 4.90 Å². The molecule has 0 amide bonds. The molecule has 2 aliphatic heterocycles. The van der Waals surface area contributed by atoms with Crippen molar-refractivity contribution >= 4 is 5.69 Å². The van der Waals surface area contributed by atoms with Crippen molar-refractivity contribution in [3.05, 3.63) is 76.9 Å². The van der Waals surface area contributed by atoms with Crippen molar-refractivity contribution < 1.29 is 0 Å². The minimum absolute atomic E-state index is 0.281. The molecule has 1 unspecified atom stereocenters. The Balaban J connectivity index is 1.35. The van der Waals surface area contributed by atoms with Crippen LogP contribution in [0.5, 0.6) is 0 Å². The molecule has 3 aliphatic rings. The van der Waals surface area contributed by atoms with Gasteiger partial charge in [0.2, 0.25) is 0 Å². The first-order valence-corrected chi connectivity index (χ1v) is 9.15. The Kier molecular flexibility index (Phi) is 3.11. The number of fused-ring (bicyclic) bond motifs is 2. The molecule has 2 heteroatoms. The third-order valence-corrected chi connectivity index (χ3v) is 6.10. The highest BCUT2D eigenvalue weighted by Gasteiger charge is 2.51. The summed E-state index contributed by atoms with van der Waals surface area (Å²) in [6, 6.07) is 18.2. The highest BCUT2D eigenvalue weighted by atomic mass is 15.2. The number of likely N-dealkylation sites (tertiary alicyclic amines) is 1. The maximum atomic E-state index is 2.55. The third-order valence-electron chi connectivity index (χ3n) is 6.10. The molecule has 1 fully saturated rings. The Morgan fingerprint density at radius 3 is 2.50 bits per heavy atom. The lowest BCUT2D eigenvalue weighted by Crippen LogP contribution is -2.30. The maximum absolute atomic E-state index is 2.55. The molecule has 0 bridgehead atoms. The summed E-state index contributed by atoms with van der Waals surface area (Å²) < 4.78 is 0. The Hall–Kier alpha value is -2.06. The summed E-state index contributed by atoms with van der Waals surface area (Å²) in [5, 5.41) is 0. The van der Waals surface area contributed by atoms with Crippen LogP contribution in [0.25, 0.3) is 0 Å². The molecular formula is C22H24N2. The van der Waals surface area contributed by atoms with Gasteiger partial charge in [-0.2, -0.15) is 0 Å². The van der Waals surface area contributed by atoms with Crippen LogP contribution in [-0.4, -0.2) is 31.1 Å². The predicted molar refractivity (Wildman–Crippen MR) is 99.5 cm³/mol. The summed E-state index contributed by atoms with van der Waals surface area (Å²) in [5.74, 6) is 0. The monoisotopic (exact) mass is 316 g/mol. The fraction of sp³-hybridized carbons (Fsp3) is 0.364. The minimum Gasteiger partial charge on any atom is -0.367 e. The van der Waals surface area contributed by atoms with Gasteiger partial charge in [0.25, 0.3) is 0 Å². The van der Waals surface area contributed by atoms with E-state index in [2.05, 4.69) is 71.3 Å². The van der Waals surface area contributed by atoms with Crippen LogP contribution >= 0.6 is 0 Å². The van der Waals surface area contributed by atoms with Crippen molar-refractivity contribution in [3.63, 3.8) is 0 Å². The first-order chi connectivity index (χ1) is 11.8. The van der Waals surface area contributed by atoms with Gasteiger partial charge in [-0.05, 0) is 47.4 Å². The molecule has 1 saturated heterocycles. The second-order valence-electron chi connectivity index (χ2n) is 7.43. The maximum Gasteiger partial charge on any atom is 0.0485 e. The zero-order valence-corrected chi connectivity index (χ0v) is 14.3. The summed E-state index contributed by atoms with van der Waals surface area (Å²) in [7, 11) is 0. The zero-order chi connectivity index (χ0) is 16.1. The van der Waals surface area contributed by atoms with Gasteiger partial charge in [0.1, 0.15) is 0 Å². The summed E-state index contributed by atoms with van der Waals surface area (Å²) in [6.07, 6.45) is 3.63. The Morgan fingerprint density at radius 1 is 0.958 bits per heavy atom. The van der Waals surface area contributed by atoms with Crippen LogP contribution in [0.4, 0.5) is 5.69 Å². The van der Waals surface area contributed by atoms with Gasteiger partial charge in [0.05, 0.1) is 0 Å². The van der Waals surface area contributed by atoms with Gasteiger partial charge in [0.15, 0.2) is 0 Å². The van der Waals surface area contributed by atoms with E-state index in [0.717, 1.165) is 26.1 Å². The molecular weight excluding hydrogens is 292 g/mol. The van der Waals surface area contributed by atoms with Crippen molar-refractivity contribution in [3.8, 4) is 0 Å². The van der Waals surface area contributed by atoms with E-state index >= 15 is 0 Å². The van der Waals surface area contributed by atoms with Crippen LogP contribution in [0.1, 0.15) is 23.6 Å². The number of hydrogen-bond donors (Lipinski definition) is 0. The molecule has 0 N–H and O–H groups in total. The van der Waals surface area contributed by atoms with Crippen molar-refractivity contribution in [2.45, 2.75) is 25.3 Å². The highest BCUT2D eigenvalue weighted by Crippen LogP contribution is 2.52. The van der Waals surface area contributed by atoms with Crippen LogP contribution in [-0.2, 0) is 18.4 Å². The van der Waals surface area contributed by atoms with Gasteiger partial charge in [0, 0.05) is 37.3 Å². The van der Waals surface area contributed by atoms with Crippen LogP contribution in [0.15, 0.2) is 60.2 Å². The lowest BCUT2D eigenvalue weighted by atomic mass is 9.91. The van der Waals surface area contributed by atoms with Crippen LogP contribution in [0, 0.1) is 0 Å². The summed E-state index contributed by atoms with van der Waals surface area (Å²) in [5.41, 5.74) is 7.74. The van der Waals surface area contributed by atoms with Crippen molar-refractivity contribution in [1.82, 2.24) is 4.90 Å². The van der Waals surface area contributed by atoms with Gasteiger partial charge < -0.3 is 4.90 Å². The van der Waals surface area contributed by atoms with E-state index in [4.69, 9.17) is 0 Å². The number of benzene rings is 2. The van der Waals surface area contributed by atoms with E-state index in [1.54, 1.807) is 5.57 Å². The van der Waals surface area contributed by atoms with E-state index in [0.29, 0.717) is 0 Å². The molecule has 2 aromatic rings. The molecule has 5 rings (SSSR count). The Bertz CT molecular complexity index is 805. The molecule has 0 radical (unpaired) electrons. The lowest BCUT2D eigenvalue weighted by molar-refractivity contribution is 0.340. The van der Waals surface area contributed by atoms with Gasteiger partial charge in [-0.3, -0.25) is 4.90 Å². The largest absolute Gasteiger partial charge is 0.367 e. The molecule has 2 heterocycles. The molecule has 1 aliphatic carbocycles. The Labute approximate surface area is 144 Å². The van der Waals surface area contributed by atoms with Gasteiger partial charge >= 0.3 is 0 Å². The molecule has 0 saturated carbocycles. The molecule has 0 aromatic heterocycles. The van der Waals surface area contributed by atoms with Crippen molar-refractivity contribution in [2.24, 2.45) is 0 Å². The molecule has 24 heavy (non-hydrogen) atoms. The van der Waals surface area contributed by atoms with Crippen LogP contribution in [0.2, 0.25) is 0 Å². The minimum atomic E-state index is 0.281. The van der Waals surface area contributed by atoms with Crippen molar-refractivity contribution in [1.29, 1.82) is 0 Å². The number of hydrogen-bond acceptors (Lipinski definition) is 2. The number of likely N-dealkylation sites (N-methyl/N-ethyl adjacent to an activating group) is 1. The van der Waals surface area contributed by atoms with Crippen molar-refractivity contribution in [2.75, 3.05) is 31.1 Å². The van der Waals surface area contributed by atoms with E-state index in [9.17, 15) is 0 Å². The second kappa shape index (κ2) is 5.22. The predicted octanol–water partition coefficient (Wildman–Crippen LogP) is 3.76. The van der Waals surface area contributed by atoms with E-state index in [1.807, 2.05) is 0 Å². The topological polar surface area (TPSA) is 6.48 Å².